The molecule has 1 heterocycles. The minimum absolute atomic E-state index is 0.0237. The van der Waals surface area contributed by atoms with Gasteiger partial charge in [0.15, 0.2) is 0 Å². The Balaban J connectivity index is 1.56. The molecule has 21 heavy (non-hydrogen) atoms. The van der Waals surface area contributed by atoms with Crippen molar-refractivity contribution < 1.29 is 14.0 Å². The van der Waals surface area contributed by atoms with Gasteiger partial charge < -0.3 is 10.2 Å². The average Bonchev–Trinajstić information content (AvgIpc) is 2.84. The van der Waals surface area contributed by atoms with Gasteiger partial charge >= 0.3 is 0 Å². The molecule has 4 nitrogen and oxygen atoms in total. The van der Waals surface area contributed by atoms with Crippen LogP contribution in [0.3, 0.4) is 0 Å². The summed E-state index contributed by atoms with van der Waals surface area (Å²) in [6.07, 6.45) is 3.85. The van der Waals surface area contributed by atoms with Gasteiger partial charge in [0.25, 0.3) is 5.91 Å². The average molecular weight is 290 g/mol. The Bertz CT molecular complexity index is 557. The van der Waals surface area contributed by atoms with Crippen molar-refractivity contribution in [3.8, 4) is 0 Å². The fraction of sp³-hybridized carbons (Fsp3) is 0.500. The fourth-order valence-electron chi connectivity index (χ4n) is 2.86. The highest BCUT2D eigenvalue weighted by molar-refractivity contribution is 5.94. The molecule has 0 bridgehead atoms. The second kappa shape index (κ2) is 5.84. The Morgan fingerprint density at radius 3 is 2.71 bits per heavy atom. The van der Waals surface area contributed by atoms with Crippen LogP contribution in [0.4, 0.5) is 4.39 Å². The second-order valence-electron chi connectivity index (χ2n) is 5.88. The van der Waals surface area contributed by atoms with Gasteiger partial charge in [-0.15, -0.1) is 0 Å². The first-order valence-electron chi connectivity index (χ1n) is 7.49. The number of nitrogens with one attached hydrogen (secondary N) is 1. The van der Waals surface area contributed by atoms with E-state index in [0.29, 0.717) is 18.7 Å². The molecule has 1 N–H and O–H groups in total. The molecular weight excluding hydrogens is 271 g/mol. The van der Waals surface area contributed by atoms with Gasteiger partial charge in [-0.25, -0.2) is 4.39 Å². The molecule has 1 saturated heterocycles. The molecule has 1 aromatic carbocycles. The first-order chi connectivity index (χ1) is 10.1. The van der Waals surface area contributed by atoms with Crippen molar-refractivity contribution in [2.45, 2.75) is 31.7 Å². The quantitative estimate of drug-likeness (QED) is 0.925. The minimum atomic E-state index is -0.408. The van der Waals surface area contributed by atoms with Crippen LogP contribution in [-0.2, 0) is 4.79 Å². The topological polar surface area (TPSA) is 49.4 Å². The highest BCUT2D eigenvalue weighted by Crippen LogP contribution is 2.26. The number of hydrogen-bond donors (Lipinski definition) is 1. The zero-order valence-corrected chi connectivity index (χ0v) is 11.8. The van der Waals surface area contributed by atoms with Crippen LogP contribution in [0.25, 0.3) is 0 Å². The number of likely N-dealkylation sites (tertiary alicyclic amines) is 1. The molecule has 1 saturated carbocycles. The molecule has 1 aliphatic carbocycles. The molecule has 1 unspecified atom stereocenters. The molecule has 0 radical (unpaired) electrons. The summed E-state index contributed by atoms with van der Waals surface area (Å²) in [5.74, 6) is -0.297. The number of rotatable bonds is 3. The van der Waals surface area contributed by atoms with E-state index in [4.69, 9.17) is 0 Å². The molecule has 1 aromatic rings. The van der Waals surface area contributed by atoms with Crippen LogP contribution in [0.15, 0.2) is 24.3 Å². The summed E-state index contributed by atoms with van der Waals surface area (Å²) in [5, 5.41) is 3.02. The first kappa shape index (κ1) is 14.0. The summed E-state index contributed by atoms with van der Waals surface area (Å²) in [7, 11) is 0. The maximum absolute atomic E-state index is 13.2. The van der Waals surface area contributed by atoms with E-state index in [1.807, 2.05) is 0 Å². The monoisotopic (exact) mass is 290 g/mol. The van der Waals surface area contributed by atoms with Crippen LogP contribution < -0.4 is 5.32 Å². The Morgan fingerprint density at radius 1 is 1.24 bits per heavy atom. The van der Waals surface area contributed by atoms with E-state index in [-0.39, 0.29) is 23.8 Å². The lowest BCUT2D eigenvalue weighted by Crippen LogP contribution is -2.43. The van der Waals surface area contributed by atoms with Crippen LogP contribution in [-0.4, -0.2) is 35.8 Å². The van der Waals surface area contributed by atoms with Crippen molar-refractivity contribution in [3.63, 3.8) is 0 Å². The van der Waals surface area contributed by atoms with E-state index in [0.717, 1.165) is 25.7 Å². The third-order valence-electron chi connectivity index (χ3n) is 4.37. The number of hydrogen-bond acceptors (Lipinski definition) is 2. The van der Waals surface area contributed by atoms with E-state index in [9.17, 15) is 14.0 Å². The number of carbonyl (C=O) groups excluding carboxylic acids is 2. The Hall–Kier alpha value is -1.91. The standard InChI is InChI=1S/C16H19FN2O2/c17-13-6-2-5-12(9-13)16(21)19-8-7-14(10-19)18-15(20)11-3-1-4-11/h2,5-6,9,11,14H,1,3-4,7-8,10H2,(H,18,20). The summed E-state index contributed by atoms with van der Waals surface area (Å²) >= 11 is 0. The van der Waals surface area contributed by atoms with E-state index in [1.54, 1.807) is 11.0 Å². The van der Waals surface area contributed by atoms with Gasteiger partial charge in [-0.05, 0) is 37.5 Å². The van der Waals surface area contributed by atoms with Crippen molar-refractivity contribution in [3.05, 3.63) is 35.6 Å². The van der Waals surface area contributed by atoms with Crippen LogP contribution in [0.5, 0.6) is 0 Å². The molecular formula is C16H19FN2O2. The lowest BCUT2D eigenvalue weighted by atomic mass is 9.84. The van der Waals surface area contributed by atoms with E-state index >= 15 is 0 Å². The molecule has 1 aliphatic heterocycles. The lowest BCUT2D eigenvalue weighted by molar-refractivity contribution is -0.128. The zero-order chi connectivity index (χ0) is 14.8. The zero-order valence-electron chi connectivity index (χ0n) is 11.8. The maximum Gasteiger partial charge on any atom is 0.254 e. The molecule has 112 valence electrons. The molecule has 1 atom stereocenters. The number of halogens is 1. The van der Waals surface area contributed by atoms with Crippen molar-refractivity contribution >= 4 is 11.8 Å². The number of amides is 2. The van der Waals surface area contributed by atoms with Gasteiger partial charge in [0, 0.05) is 30.6 Å². The molecule has 0 spiro atoms. The molecule has 2 fully saturated rings. The largest absolute Gasteiger partial charge is 0.351 e. The normalized spacial score (nSPS) is 22.0. The van der Waals surface area contributed by atoms with Crippen LogP contribution in [0, 0.1) is 11.7 Å². The van der Waals surface area contributed by atoms with E-state index in [1.165, 1.54) is 18.2 Å². The summed E-state index contributed by atoms with van der Waals surface area (Å²) < 4.78 is 13.2. The smallest absolute Gasteiger partial charge is 0.254 e. The van der Waals surface area contributed by atoms with Crippen LogP contribution in [0.2, 0.25) is 0 Å². The molecule has 0 aromatic heterocycles. The van der Waals surface area contributed by atoms with Crippen molar-refractivity contribution in [1.82, 2.24) is 10.2 Å². The molecule has 5 heteroatoms. The summed E-state index contributed by atoms with van der Waals surface area (Å²) in [4.78, 5) is 25.9. The number of benzene rings is 1. The molecule has 2 amide bonds. The predicted molar refractivity (Wildman–Crippen MR) is 76.2 cm³/mol. The highest BCUT2D eigenvalue weighted by Gasteiger charge is 2.31. The third kappa shape index (κ3) is 3.06. The summed E-state index contributed by atoms with van der Waals surface area (Å²) in [6, 6.07) is 5.75. The minimum Gasteiger partial charge on any atom is -0.351 e. The van der Waals surface area contributed by atoms with Crippen LogP contribution >= 0.6 is 0 Å². The van der Waals surface area contributed by atoms with E-state index in [2.05, 4.69) is 5.32 Å². The van der Waals surface area contributed by atoms with Crippen molar-refractivity contribution in [2.75, 3.05) is 13.1 Å². The predicted octanol–water partition coefficient (Wildman–Crippen LogP) is 1.96. The molecule has 3 rings (SSSR count). The first-order valence-corrected chi connectivity index (χ1v) is 7.49. The summed E-state index contributed by atoms with van der Waals surface area (Å²) in [5.41, 5.74) is 0.362. The van der Waals surface area contributed by atoms with Gasteiger partial charge in [0.1, 0.15) is 5.82 Å². The second-order valence-corrected chi connectivity index (χ2v) is 5.88. The Kier molecular flexibility index (Phi) is 3.90. The van der Waals surface area contributed by atoms with Gasteiger partial charge in [0.05, 0.1) is 0 Å². The van der Waals surface area contributed by atoms with Gasteiger partial charge in [0.2, 0.25) is 5.91 Å². The molecule has 2 aliphatic rings. The lowest BCUT2D eigenvalue weighted by Gasteiger charge is -2.26. The van der Waals surface area contributed by atoms with Crippen LogP contribution in [0.1, 0.15) is 36.0 Å². The number of nitrogens with zero attached hydrogens (tertiary/aromatic N) is 1. The number of carbonyl (C=O) groups is 2. The maximum atomic E-state index is 13.2. The summed E-state index contributed by atoms with van der Waals surface area (Å²) in [6.45, 7) is 1.11. The van der Waals surface area contributed by atoms with E-state index < -0.39 is 5.82 Å². The Morgan fingerprint density at radius 2 is 2.05 bits per heavy atom. The fourth-order valence-corrected chi connectivity index (χ4v) is 2.86. The SMILES string of the molecule is O=C(NC1CCN(C(=O)c2cccc(F)c2)C1)C1CCC1. The van der Waals surface area contributed by atoms with Gasteiger partial charge in [-0.2, -0.15) is 0 Å². The van der Waals surface area contributed by atoms with Crippen molar-refractivity contribution in [2.24, 2.45) is 5.92 Å². The van der Waals surface area contributed by atoms with Gasteiger partial charge in [-0.1, -0.05) is 12.5 Å². The van der Waals surface area contributed by atoms with Gasteiger partial charge in [-0.3, -0.25) is 9.59 Å². The highest BCUT2D eigenvalue weighted by atomic mass is 19.1. The Labute approximate surface area is 123 Å². The third-order valence-corrected chi connectivity index (χ3v) is 4.37. The van der Waals surface area contributed by atoms with Crippen molar-refractivity contribution in [1.29, 1.82) is 0 Å².